The number of hydrogen-bond acceptors (Lipinski definition) is 2. The number of aliphatic hydroxyl groups is 1. The highest BCUT2D eigenvalue weighted by Crippen LogP contribution is 2.53. The average molecular weight is 226 g/mol. The Morgan fingerprint density at radius 2 is 1.56 bits per heavy atom. The van der Waals surface area contributed by atoms with Crippen LogP contribution in [-0.4, -0.2) is 23.4 Å². The van der Waals surface area contributed by atoms with Gasteiger partial charge in [-0.15, -0.1) is 0 Å². The minimum absolute atomic E-state index is 0.0527. The first kappa shape index (κ1) is 12.4. The molecule has 2 fully saturated rings. The summed E-state index contributed by atoms with van der Waals surface area (Å²) in [7, 11) is 0. The molecule has 0 radical (unpaired) electrons. The molecule has 1 aliphatic heterocycles. The first-order chi connectivity index (χ1) is 7.22. The van der Waals surface area contributed by atoms with Gasteiger partial charge in [0.1, 0.15) is 0 Å². The molecule has 0 bridgehead atoms. The van der Waals surface area contributed by atoms with Gasteiger partial charge in [0, 0.05) is 13.0 Å². The average Bonchev–Trinajstić information content (AvgIpc) is 1.94. The van der Waals surface area contributed by atoms with E-state index in [2.05, 4.69) is 27.7 Å². The maximum Gasteiger partial charge on any atom is 0.0717 e. The summed E-state index contributed by atoms with van der Waals surface area (Å²) in [5.41, 5.74) is 0.612. The summed E-state index contributed by atoms with van der Waals surface area (Å²) in [6.45, 7) is 10.1. The van der Waals surface area contributed by atoms with E-state index in [4.69, 9.17) is 4.74 Å². The van der Waals surface area contributed by atoms with Crippen LogP contribution in [-0.2, 0) is 4.74 Å². The monoisotopic (exact) mass is 226 g/mol. The van der Waals surface area contributed by atoms with Gasteiger partial charge in [0.2, 0.25) is 0 Å². The van der Waals surface area contributed by atoms with Crippen LogP contribution in [0.2, 0.25) is 0 Å². The van der Waals surface area contributed by atoms with Gasteiger partial charge in [0.15, 0.2) is 0 Å². The molecular weight excluding hydrogens is 200 g/mol. The molecule has 16 heavy (non-hydrogen) atoms. The Morgan fingerprint density at radius 1 is 1.00 bits per heavy atom. The minimum atomic E-state index is -0.154. The zero-order valence-electron chi connectivity index (χ0n) is 11.2. The third kappa shape index (κ3) is 2.60. The summed E-state index contributed by atoms with van der Waals surface area (Å²) < 4.78 is 6.09. The second kappa shape index (κ2) is 3.71. The van der Waals surface area contributed by atoms with Crippen LogP contribution in [0.4, 0.5) is 0 Å². The van der Waals surface area contributed by atoms with E-state index in [9.17, 15) is 5.11 Å². The highest BCUT2D eigenvalue weighted by molar-refractivity contribution is 5.01. The van der Waals surface area contributed by atoms with Gasteiger partial charge in [-0.2, -0.15) is 0 Å². The van der Waals surface area contributed by atoms with Crippen molar-refractivity contribution in [1.29, 1.82) is 0 Å². The third-order valence-corrected chi connectivity index (χ3v) is 4.03. The molecule has 94 valence electrons. The minimum Gasteiger partial charge on any atom is -0.393 e. The van der Waals surface area contributed by atoms with E-state index in [-0.39, 0.29) is 11.7 Å². The molecule has 1 unspecified atom stereocenters. The van der Waals surface area contributed by atoms with Gasteiger partial charge in [-0.25, -0.2) is 0 Å². The molecule has 0 amide bonds. The van der Waals surface area contributed by atoms with Crippen molar-refractivity contribution in [3.63, 3.8) is 0 Å². The van der Waals surface area contributed by atoms with Crippen molar-refractivity contribution < 1.29 is 9.84 Å². The van der Waals surface area contributed by atoms with Crippen molar-refractivity contribution in [1.82, 2.24) is 0 Å². The van der Waals surface area contributed by atoms with Crippen LogP contribution >= 0.6 is 0 Å². The molecule has 2 aliphatic rings. The first-order valence-corrected chi connectivity index (χ1v) is 6.54. The summed E-state index contributed by atoms with van der Waals surface area (Å²) in [5.74, 6) is 0. The molecule has 1 aliphatic carbocycles. The molecule has 1 spiro atoms. The van der Waals surface area contributed by atoms with Crippen molar-refractivity contribution in [2.75, 3.05) is 6.61 Å². The van der Waals surface area contributed by atoms with Crippen LogP contribution in [0.5, 0.6) is 0 Å². The van der Waals surface area contributed by atoms with Crippen LogP contribution in [0.25, 0.3) is 0 Å². The molecule has 1 saturated heterocycles. The quantitative estimate of drug-likeness (QED) is 0.687. The van der Waals surface area contributed by atoms with Gasteiger partial charge in [-0.3, -0.25) is 0 Å². The Labute approximate surface area is 99.4 Å². The van der Waals surface area contributed by atoms with Crippen LogP contribution in [0.3, 0.4) is 0 Å². The van der Waals surface area contributed by atoms with E-state index in [0.717, 1.165) is 32.3 Å². The lowest BCUT2D eigenvalue weighted by molar-refractivity contribution is -0.176. The van der Waals surface area contributed by atoms with E-state index < -0.39 is 0 Å². The first-order valence-electron chi connectivity index (χ1n) is 6.54. The molecule has 0 aromatic carbocycles. The number of ether oxygens (including phenoxy) is 1. The summed E-state index contributed by atoms with van der Waals surface area (Å²) in [4.78, 5) is 0. The molecule has 1 saturated carbocycles. The van der Waals surface area contributed by atoms with Crippen LogP contribution in [0, 0.1) is 10.8 Å². The summed E-state index contributed by atoms with van der Waals surface area (Å²) in [6, 6.07) is 0. The number of hydrogen-bond donors (Lipinski definition) is 1. The molecule has 1 heterocycles. The second-order valence-corrected chi connectivity index (χ2v) is 7.54. The molecule has 1 atom stereocenters. The highest BCUT2D eigenvalue weighted by atomic mass is 16.5. The topological polar surface area (TPSA) is 29.5 Å². The standard InChI is InChI=1S/C14H26O2/c1-12(2)8-13(3,4)10-14(9-12)7-11(15)5-6-16-14/h11,15H,5-10H2,1-4H3. The number of aliphatic hydroxyl groups excluding tert-OH is 1. The van der Waals surface area contributed by atoms with Gasteiger partial charge in [0.05, 0.1) is 11.7 Å². The van der Waals surface area contributed by atoms with Crippen LogP contribution in [0.1, 0.15) is 59.8 Å². The lowest BCUT2D eigenvalue weighted by atomic mass is 9.58. The van der Waals surface area contributed by atoms with Crippen LogP contribution < -0.4 is 0 Å². The van der Waals surface area contributed by atoms with Crippen molar-refractivity contribution in [2.24, 2.45) is 10.8 Å². The Hall–Kier alpha value is -0.0800. The van der Waals surface area contributed by atoms with Gasteiger partial charge < -0.3 is 9.84 Å². The van der Waals surface area contributed by atoms with Gasteiger partial charge in [0.25, 0.3) is 0 Å². The van der Waals surface area contributed by atoms with Crippen LogP contribution in [0.15, 0.2) is 0 Å². The number of rotatable bonds is 0. The lowest BCUT2D eigenvalue weighted by Crippen LogP contribution is -2.51. The van der Waals surface area contributed by atoms with Gasteiger partial charge >= 0.3 is 0 Å². The Bertz CT molecular complexity index is 252. The molecule has 2 nitrogen and oxygen atoms in total. The second-order valence-electron chi connectivity index (χ2n) is 7.54. The summed E-state index contributed by atoms with van der Waals surface area (Å²) >= 11 is 0. The van der Waals surface area contributed by atoms with E-state index >= 15 is 0 Å². The Kier molecular flexibility index (Phi) is 2.87. The highest BCUT2D eigenvalue weighted by Gasteiger charge is 2.49. The smallest absolute Gasteiger partial charge is 0.0717 e. The molecule has 1 N–H and O–H groups in total. The fourth-order valence-corrected chi connectivity index (χ4v) is 4.48. The lowest BCUT2D eigenvalue weighted by Gasteiger charge is -2.53. The van der Waals surface area contributed by atoms with E-state index in [0.29, 0.717) is 10.8 Å². The SMILES string of the molecule is CC1(C)CC(C)(C)CC2(CC(O)CCO2)C1. The molecule has 0 aromatic rings. The normalized spacial score (nSPS) is 36.2. The van der Waals surface area contributed by atoms with E-state index in [1.54, 1.807) is 0 Å². The van der Waals surface area contributed by atoms with E-state index in [1.807, 2.05) is 0 Å². The van der Waals surface area contributed by atoms with E-state index in [1.165, 1.54) is 6.42 Å². The zero-order chi connectivity index (χ0) is 12.0. The predicted molar refractivity (Wildman–Crippen MR) is 65.3 cm³/mol. The molecule has 0 aromatic heterocycles. The van der Waals surface area contributed by atoms with Crippen molar-refractivity contribution in [3.8, 4) is 0 Å². The van der Waals surface area contributed by atoms with Crippen molar-refractivity contribution in [3.05, 3.63) is 0 Å². The maximum atomic E-state index is 9.89. The Balaban J connectivity index is 2.20. The molecular formula is C14H26O2. The summed E-state index contributed by atoms with van der Waals surface area (Å²) in [6.07, 6.45) is 4.93. The van der Waals surface area contributed by atoms with Gasteiger partial charge in [-0.05, 0) is 36.5 Å². The fourth-order valence-electron chi connectivity index (χ4n) is 4.48. The summed E-state index contributed by atoms with van der Waals surface area (Å²) in [5, 5.41) is 9.89. The Morgan fingerprint density at radius 3 is 2.06 bits per heavy atom. The molecule has 2 rings (SSSR count). The van der Waals surface area contributed by atoms with Gasteiger partial charge in [-0.1, -0.05) is 27.7 Å². The van der Waals surface area contributed by atoms with Crippen molar-refractivity contribution in [2.45, 2.75) is 71.5 Å². The zero-order valence-corrected chi connectivity index (χ0v) is 11.2. The van der Waals surface area contributed by atoms with Crippen molar-refractivity contribution >= 4 is 0 Å². The fraction of sp³-hybridized carbons (Fsp3) is 1.00. The molecule has 2 heteroatoms. The third-order valence-electron chi connectivity index (χ3n) is 4.03. The predicted octanol–water partition coefficient (Wildman–Crippen LogP) is 3.13. The maximum absolute atomic E-state index is 9.89. The largest absolute Gasteiger partial charge is 0.393 e.